The van der Waals surface area contributed by atoms with E-state index in [9.17, 15) is 0 Å². The van der Waals surface area contributed by atoms with Gasteiger partial charge in [-0.15, -0.1) is 23.2 Å². The first-order chi connectivity index (χ1) is 6.49. The molecular weight excluding hydrogens is 290 g/mol. The molecule has 0 saturated heterocycles. The van der Waals surface area contributed by atoms with Crippen LogP contribution in [0.3, 0.4) is 0 Å². The van der Waals surface area contributed by atoms with Crippen LogP contribution < -0.4 is 0 Å². The highest BCUT2D eigenvalue weighted by atomic mass is 36.0. The largest absolute Gasteiger partial charge is 0.396 e. The molecular formula is C7H16Cl4O2S. The molecule has 14 heavy (non-hydrogen) atoms. The minimum atomic E-state index is -1.67. The zero-order chi connectivity index (χ0) is 12.0. The third kappa shape index (κ3) is 37.8. The summed E-state index contributed by atoms with van der Waals surface area (Å²) < 4.78 is 9.09. The summed E-state index contributed by atoms with van der Waals surface area (Å²) in [5, 5.41) is 8.72. The van der Waals surface area contributed by atoms with Crippen LogP contribution in [0.5, 0.6) is 0 Å². The van der Waals surface area contributed by atoms with Crippen molar-refractivity contribution in [3.8, 4) is 0 Å². The predicted octanol–water partition coefficient (Wildman–Crippen LogP) is 3.88. The number of aliphatic hydroxyl groups is 1. The van der Waals surface area contributed by atoms with Crippen molar-refractivity contribution in [1.29, 1.82) is 0 Å². The maximum Gasteiger partial charge on any atom is 0.211 e. The van der Waals surface area contributed by atoms with Crippen LogP contribution in [0.25, 0.3) is 0 Å². The Balaban J connectivity index is -0.000000147. The minimum Gasteiger partial charge on any atom is -0.396 e. The quantitative estimate of drug-likeness (QED) is 0.634. The molecule has 0 aromatic heterocycles. The number of hydrogen-bond donors (Lipinski definition) is 1. The second-order valence-electron chi connectivity index (χ2n) is 2.15. The van der Waals surface area contributed by atoms with Gasteiger partial charge in [0.1, 0.15) is 0 Å². The maximum absolute atomic E-state index is 9.09. The summed E-state index contributed by atoms with van der Waals surface area (Å²) in [6.45, 7) is 4.56. The second kappa shape index (κ2) is 19.8. The topological polar surface area (TPSA) is 37.3 Å². The number of halogens is 4. The Bertz CT molecular complexity index is 102. The molecule has 7 heteroatoms. The molecule has 0 aromatic rings. The Labute approximate surface area is 107 Å². The van der Waals surface area contributed by atoms with E-state index in [1.807, 2.05) is 0 Å². The predicted molar refractivity (Wildman–Crippen MR) is 67.6 cm³/mol. The van der Waals surface area contributed by atoms with Gasteiger partial charge in [-0.1, -0.05) is 26.7 Å². The molecule has 0 saturated carbocycles. The molecule has 0 fully saturated rings. The third-order valence-corrected chi connectivity index (χ3v) is 1.41. The van der Waals surface area contributed by atoms with Gasteiger partial charge in [-0.3, -0.25) is 0 Å². The number of hydrogen-bond acceptors (Lipinski definition) is 2. The lowest BCUT2D eigenvalue weighted by Gasteiger charge is -2.04. The van der Waals surface area contributed by atoms with Gasteiger partial charge in [-0.05, 0) is 5.92 Å². The van der Waals surface area contributed by atoms with Gasteiger partial charge < -0.3 is 5.11 Å². The van der Waals surface area contributed by atoms with Crippen molar-refractivity contribution in [2.75, 3.05) is 11.9 Å². The van der Waals surface area contributed by atoms with E-state index in [-0.39, 0.29) is 5.34 Å². The highest BCUT2D eigenvalue weighted by Gasteiger charge is 1.97. The number of alkyl halides is 2. The molecule has 0 rings (SSSR count). The van der Waals surface area contributed by atoms with Crippen LogP contribution in [0.2, 0.25) is 0 Å². The van der Waals surface area contributed by atoms with E-state index >= 15 is 0 Å². The highest BCUT2D eigenvalue weighted by molar-refractivity contribution is 8.26. The molecule has 0 aliphatic carbocycles. The van der Waals surface area contributed by atoms with Crippen molar-refractivity contribution >= 4 is 53.8 Å². The molecule has 0 aliphatic rings. The lowest BCUT2D eigenvalue weighted by atomic mass is 10.1. The molecule has 0 amide bonds. The molecule has 0 atom stereocenters. The van der Waals surface area contributed by atoms with E-state index in [2.05, 4.69) is 35.2 Å². The van der Waals surface area contributed by atoms with Gasteiger partial charge in [0.05, 0.1) is 5.34 Å². The molecule has 0 spiro atoms. The summed E-state index contributed by atoms with van der Waals surface area (Å²) in [5.41, 5.74) is 0. The highest BCUT2D eigenvalue weighted by Crippen LogP contribution is 2.03. The van der Waals surface area contributed by atoms with E-state index in [1.54, 1.807) is 0 Å². The summed E-state index contributed by atoms with van der Waals surface area (Å²) in [7, 11) is 7.36. The fraction of sp³-hybridized carbons (Fsp3) is 1.00. The van der Waals surface area contributed by atoms with Crippen LogP contribution >= 0.6 is 44.6 Å². The number of aliphatic hydroxyl groups excluding tert-OH is 1. The van der Waals surface area contributed by atoms with Crippen LogP contribution in [-0.4, -0.2) is 21.3 Å². The summed E-state index contributed by atoms with van der Waals surface area (Å²) >= 11 is 9.53. The molecule has 1 N–H and O–H groups in total. The second-order valence-corrected chi connectivity index (χ2v) is 5.48. The van der Waals surface area contributed by atoms with Crippen molar-refractivity contribution in [2.24, 2.45) is 5.92 Å². The Hall–Kier alpha value is 1.27. The van der Waals surface area contributed by atoms with Crippen molar-refractivity contribution in [3.05, 3.63) is 0 Å². The maximum atomic E-state index is 9.09. The first-order valence-electron chi connectivity index (χ1n) is 3.96. The molecule has 0 radical (unpaired) electrons. The first kappa shape index (κ1) is 20.7. The zero-order valence-corrected chi connectivity index (χ0v) is 12.0. The molecule has 0 unspecified atom stereocenters. The van der Waals surface area contributed by atoms with Gasteiger partial charge in [-0.25, -0.2) is 4.21 Å². The first-order valence-corrected chi connectivity index (χ1v) is 7.84. The lowest BCUT2D eigenvalue weighted by Crippen LogP contribution is -2.01. The van der Waals surface area contributed by atoms with Crippen molar-refractivity contribution in [1.82, 2.24) is 0 Å². The van der Waals surface area contributed by atoms with E-state index in [4.69, 9.17) is 32.5 Å². The minimum absolute atomic E-state index is 0.194. The molecule has 0 aliphatic heterocycles. The lowest BCUT2D eigenvalue weighted by molar-refractivity contribution is 0.219. The summed E-state index contributed by atoms with van der Waals surface area (Å²) in [6, 6.07) is 0. The Morgan fingerprint density at radius 1 is 1.21 bits per heavy atom. The van der Waals surface area contributed by atoms with Crippen LogP contribution in [0.4, 0.5) is 0 Å². The molecule has 90 valence electrons. The smallest absolute Gasteiger partial charge is 0.211 e. The van der Waals surface area contributed by atoms with Crippen LogP contribution in [0, 0.1) is 5.92 Å². The third-order valence-electron chi connectivity index (χ3n) is 1.41. The fourth-order valence-corrected chi connectivity index (χ4v) is 0.547. The Morgan fingerprint density at radius 2 is 1.43 bits per heavy atom. The van der Waals surface area contributed by atoms with E-state index in [0.717, 1.165) is 12.8 Å². The normalized spacial score (nSPS) is 8.93. The average Bonchev–Trinajstić information content (AvgIpc) is 2.08. The average molecular weight is 306 g/mol. The van der Waals surface area contributed by atoms with Crippen LogP contribution in [0.1, 0.15) is 26.7 Å². The monoisotopic (exact) mass is 304 g/mol. The standard InChI is InChI=1S/C6H14O.CH2Cl2.Cl2OS/c1-3-6(4-2)5-7;2-1-3;1-4(2)3/h6-7H,3-5H2,1-2H3;1H2;. The van der Waals surface area contributed by atoms with Gasteiger partial charge in [0.15, 0.2) is 0 Å². The van der Waals surface area contributed by atoms with Crippen molar-refractivity contribution < 1.29 is 9.32 Å². The van der Waals surface area contributed by atoms with E-state index in [0.29, 0.717) is 12.5 Å². The van der Waals surface area contributed by atoms with Crippen LogP contribution in [-0.2, 0) is 9.23 Å². The molecule has 0 aromatic carbocycles. The van der Waals surface area contributed by atoms with Gasteiger partial charge in [0, 0.05) is 28.0 Å². The van der Waals surface area contributed by atoms with Gasteiger partial charge in [0.2, 0.25) is 9.23 Å². The van der Waals surface area contributed by atoms with Gasteiger partial charge >= 0.3 is 0 Å². The zero-order valence-electron chi connectivity index (χ0n) is 8.18. The Kier molecular flexibility index (Phi) is 29.2. The van der Waals surface area contributed by atoms with E-state index < -0.39 is 9.23 Å². The van der Waals surface area contributed by atoms with Crippen molar-refractivity contribution in [2.45, 2.75) is 26.7 Å². The van der Waals surface area contributed by atoms with Crippen molar-refractivity contribution in [3.63, 3.8) is 0 Å². The summed E-state index contributed by atoms with van der Waals surface area (Å²) in [4.78, 5) is 0. The van der Waals surface area contributed by atoms with Crippen LogP contribution in [0.15, 0.2) is 0 Å². The summed E-state index contributed by atoms with van der Waals surface area (Å²) in [6.07, 6.45) is 2.21. The molecule has 2 nitrogen and oxygen atoms in total. The van der Waals surface area contributed by atoms with Gasteiger partial charge in [-0.2, -0.15) is 0 Å². The Morgan fingerprint density at radius 3 is 1.43 bits per heavy atom. The fourth-order valence-electron chi connectivity index (χ4n) is 0.547. The van der Waals surface area contributed by atoms with E-state index in [1.165, 1.54) is 0 Å². The SMILES string of the molecule is CCC(CC)CO.ClCCl.O=S(Cl)Cl. The molecule has 0 heterocycles. The molecule has 0 bridgehead atoms. The number of rotatable bonds is 3. The summed E-state index contributed by atoms with van der Waals surface area (Å²) in [5.74, 6) is 0.542. The van der Waals surface area contributed by atoms with Gasteiger partial charge in [0.25, 0.3) is 0 Å².